The van der Waals surface area contributed by atoms with Crippen molar-refractivity contribution in [2.45, 2.75) is 62.6 Å². The minimum Gasteiger partial charge on any atom is -0.380 e. The van der Waals surface area contributed by atoms with E-state index in [1.54, 1.807) is 0 Å². The fourth-order valence-electron chi connectivity index (χ4n) is 3.96. The molecule has 3 unspecified atom stereocenters. The highest BCUT2D eigenvalue weighted by Crippen LogP contribution is 2.40. The van der Waals surface area contributed by atoms with Crippen LogP contribution in [0.4, 0.5) is 0 Å². The molecule has 4 nitrogen and oxygen atoms in total. The van der Waals surface area contributed by atoms with Crippen molar-refractivity contribution in [1.29, 1.82) is 5.26 Å². The average Bonchev–Trinajstić information content (AvgIpc) is 3.02. The van der Waals surface area contributed by atoms with Crippen LogP contribution in [0.2, 0.25) is 0 Å². The first-order chi connectivity index (χ1) is 9.75. The average molecular weight is 277 g/mol. The van der Waals surface area contributed by atoms with Gasteiger partial charge in [0.1, 0.15) is 5.54 Å². The van der Waals surface area contributed by atoms with Crippen molar-refractivity contribution < 1.29 is 4.74 Å². The summed E-state index contributed by atoms with van der Waals surface area (Å²) in [5.41, 5.74) is -0.221. The molecule has 2 saturated carbocycles. The smallest absolute Gasteiger partial charge is 0.109 e. The van der Waals surface area contributed by atoms with Gasteiger partial charge in [0.2, 0.25) is 0 Å². The van der Waals surface area contributed by atoms with Crippen LogP contribution in [0.5, 0.6) is 0 Å². The molecule has 0 radical (unpaired) electrons. The molecule has 3 fully saturated rings. The van der Waals surface area contributed by atoms with Crippen molar-refractivity contribution >= 4 is 0 Å². The van der Waals surface area contributed by atoms with Gasteiger partial charge < -0.3 is 9.64 Å². The van der Waals surface area contributed by atoms with Gasteiger partial charge in [0.25, 0.3) is 0 Å². The van der Waals surface area contributed by atoms with Crippen molar-refractivity contribution in [3.05, 3.63) is 0 Å². The van der Waals surface area contributed by atoms with Crippen LogP contribution < -0.4 is 5.32 Å². The maximum atomic E-state index is 9.69. The number of nitrogens with zero attached hydrogens (tertiary/aromatic N) is 2. The maximum Gasteiger partial charge on any atom is 0.109 e. The molecule has 4 heteroatoms. The number of rotatable bonds is 6. The van der Waals surface area contributed by atoms with Gasteiger partial charge in [-0.3, -0.25) is 5.32 Å². The molecule has 112 valence electrons. The van der Waals surface area contributed by atoms with Crippen LogP contribution in [0, 0.1) is 17.2 Å². The van der Waals surface area contributed by atoms with E-state index in [0.717, 1.165) is 38.9 Å². The summed E-state index contributed by atoms with van der Waals surface area (Å²) in [6.45, 7) is 3.35. The Morgan fingerprint density at radius 2 is 2.20 bits per heavy atom. The second-order valence-electron chi connectivity index (χ2n) is 6.83. The Bertz CT molecular complexity index is 376. The molecule has 0 aromatic heterocycles. The van der Waals surface area contributed by atoms with Crippen molar-refractivity contribution in [3.63, 3.8) is 0 Å². The lowest BCUT2D eigenvalue weighted by Gasteiger charge is -2.31. The molecule has 0 aromatic rings. The Kier molecular flexibility index (Phi) is 4.30. The largest absolute Gasteiger partial charge is 0.380 e. The first kappa shape index (κ1) is 14.3. The third kappa shape index (κ3) is 3.00. The number of methoxy groups -OCH3 is 1. The number of nitriles is 1. The van der Waals surface area contributed by atoms with Crippen LogP contribution in [-0.2, 0) is 4.74 Å². The minimum absolute atomic E-state index is 0.221. The molecule has 3 atom stereocenters. The number of nitrogens with one attached hydrogen (secondary N) is 1. The van der Waals surface area contributed by atoms with Crippen molar-refractivity contribution in [2.75, 3.05) is 26.7 Å². The predicted molar refractivity (Wildman–Crippen MR) is 78.3 cm³/mol. The zero-order valence-electron chi connectivity index (χ0n) is 12.6. The van der Waals surface area contributed by atoms with Gasteiger partial charge in [0, 0.05) is 26.2 Å². The highest BCUT2D eigenvalue weighted by Gasteiger charge is 2.45. The standard InChI is InChI=1S/C16H27N3O/c1-20-15-7-10-19(11-15)9-6-13-3-2-8-16(13,12-17)18-14-4-5-14/h13-15,18H,2-11H2,1H3. The molecule has 0 amide bonds. The molecule has 0 spiro atoms. The molecule has 2 aliphatic carbocycles. The summed E-state index contributed by atoms with van der Waals surface area (Å²) in [4.78, 5) is 2.51. The van der Waals surface area contributed by atoms with E-state index < -0.39 is 0 Å². The molecule has 1 saturated heterocycles. The van der Waals surface area contributed by atoms with Crippen LogP contribution >= 0.6 is 0 Å². The second kappa shape index (κ2) is 6.01. The Balaban J connectivity index is 1.52. The summed E-state index contributed by atoms with van der Waals surface area (Å²) < 4.78 is 5.43. The van der Waals surface area contributed by atoms with Gasteiger partial charge in [-0.15, -0.1) is 0 Å². The van der Waals surface area contributed by atoms with Crippen molar-refractivity contribution in [3.8, 4) is 6.07 Å². The number of likely N-dealkylation sites (tertiary alicyclic amines) is 1. The minimum atomic E-state index is -0.221. The summed E-state index contributed by atoms with van der Waals surface area (Å²) in [5.74, 6) is 0.537. The maximum absolute atomic E-state index is 9.69. The van der Waals surface area contributed by atoms with E-state index >= 15 is 0 Å². The normalized spacial score (nSPS) is 38.2. The van der Waals surface area contributed by atoms with Crippen LogP contribution in [0.3, 0.4) is 0 Å². The fourth-order valence-corrected chi connectivity index (χ4v) is 3.96. The summed E-state index contributed by atoms with van der Waals surface area (Å²) in [6.07, 6.45) is 8.73. The second-order valence-corrected chi connectivity index (χ2v) is 6.83. The van der Waals surface area contributed by atoms with Gasteiger partial charge >= 0.3 is 0 Å². The Morgan fingerprint density at radius 1 is 1.35 bits per heavy atom. The Hall–Kier alpha value is -0.630. The molecular formula is C16H27N3O. The van der Waals surface area contributed by atoms with E-state index in [0.29, 0.717) is 18.1 Å². The molecule has 1 heterocycles. The molecule has 3 rings (SSSR count). The van der Waals surface area contributed by atoms with Crippen LogP contribution in [0.15, 0.2) is 0 Å². The lowest BCUT2D eigenvalue weighted by Crippen LogP contribution is -2.48. The van der Waals surface area contributed by atoms with E-state index in [4.69, 9.17) is 4.74 Å². The topological polar surface area (TPSA) is 48.3 Å². The van der Waals surface area contributed by atoms with Crippen LogP contribution in [0.1, 0.15) is 44.9 Å². The zero-order valence-corrected chi connectivity index (χ0v) is 12.6. The third-order valence-corrected chi connectivity index (χ3v) is 5.42. The van der Waals surface area contributed by atoms with Gasteiger partial charge in [0.15, 0.2) is 0 Å². The molecule has 20 heavy (non-hydrogen) atoms. The molecule has 3 aliphatic rings. The van der Waals surface area contributed by atoms with E-state index in [9.17, 15) is 5.26 Å². The lowest BCUT2D eigenvalue weighted by atomic mass is 9.85. The van der Waals surface area contributed by atoms with Gasteiger partial charge in [-0.25, -0.2) is 0 Å². The summed E-state index contributed by atoms with van der Waals surface area (Å²) >= 11 is 0. The zero-order chi connectivity index (χ0) is 14.0. The number of ether oxygens (including phenoxy) is 1. The van der Waals surface area contributed by atoms with Crippen molar-refractivity contribution in [2.24, 2.45) is 5.92 Å². The van der Waals surface area contributed by atoms with Gasteiger partial charge in [-0.1, -0.05) is 6.42 Å². The highest BCUT2D eigenvalue weighted by molar-refractivity contribution is 5.16. The van der Waals surface area contributed by atoms with Gasteiger partial charge in [-0.2, -0.15) is 5.26 Å². The van der Waals surface area contributed by atoms with E-state index in [-0.39, 0.29) is 5.54 Å². The molecule has 0 aromatic carbocycles. The van der Waals surface area contributed by atoms with Gasteiger partial charge in [0.05, 0.1) is 12.2 Å². The monoisotopic (exact) mass is 277 g/mol. The number of hydrogen-bond donors (Lipinski definition) is 1. The molecule has 1 aliphatic heterocycles. The first-order valence-electron chi connectivity index (χ1n) is 8.20. The van der Waals surface area contributed by atoms with E-state index in [1.807, 2.05) is 7.11 Å². The summed E-state index contributed by atoms with van der Waals surface area (Å²) in [6, 6.07) is 3.26. The summed E-state index contributed by atoms with van der Waals surface area (Å²) in [5, 5.41) is 13.3. The van der Waals surface area contributed by atoms with E-state index in [1.165, 1.54) is 25.7 Å². The molecular weight excluding hydrogens is 250 g/mol. The molecule has 0 bridgehead atoms. The Morgan fingerprint density at radius 3 is 2.85 bits per heavy atom. The Labute approximate surface area is 122 Å². The predicted octanol–water partition coefficient (Wildman–Crippen LogP) is 1.91. The quantitative estimate of drug-likeness (QED) is 0.806. The van der Waals surface area contributed by atoms with Gasteiger partial charge in [-0.05, 0) is 51.0 Å². The first-order valence-corrected chi connectivity index (χ1v) is 8.20. The number of hydrogen-bond acceptors (Lipinski definition) is 4. The molecule has 1 N–H and O–H groups in total. The SMILES string of the molecule is COC1CCN(CCC2CCCC2(C#N)NC2CC2)C1. The lowest BCUT2D eigenvalue weighted by molar-refractivity contribution is 0.106. The summed E-state index contributed by atoms with van der Waals surface area (Å²) in [7, 11) is 1.81. The fraction of sp³-hybridized carbons (Fsp3) is 0.938. The highest BCUT2D eigenvalue weighted by atomic mass is 16.5. The van der Waals surface area contributed by atoms with Crippen LogP contribution in [0.25, 0.3) is 0 Å². The van der Waals surface area contributed by atoms with E-state index in [2.05, 4.69) is 16.3 Å². The van der Waals surface area contributed by atoms with Crippen molar-refractivity contribution in [1.82, 2.24) is 10.2 Å². The third-order valence-electron chi connectivity index (χ3n) is 5.42. The van der Waals surface area contributed by atoms with Crippen LogP contribution in [-0.4, -0.2) is 49.3 Å².